The third-order valence-electron chi connectivity index (χ3n) is 4.39. The van der Waals surface area contributed by atoms with E-state index in [9.17, 15) is 0 Å². The predicted octanol–water partition coefficient (Wildman–Crippen LogP) is 3.82. The minimum absolute atomic E-state index is 0.854. The third-order valence-corrected chi connectivity index (χ3v) is 4.39. The Morgan fingerprint density at radius 1 is 0.958 bits per heavy atom. The topological polar surface area (TPSA) is 48.0 Å². The Bertz CT molecular complexity index is 1040. The standard InChI is InChI=1S/C19H19N5/c1-12-10-13(2)23(22-12)19-14(3)15(4)21-18-17(11-20-24(18)19)16-8-6-5-7-9-16/h5-11H,1-4H3. The number of nitrogens with zero attached hydrogens (tertiary/aromatic N) is 5. The first-order valence-electron chi connectivity index (χ1n) is 8.00. The summed E-state index contributed by atoms with van der Waals surface area (Å²) in [5.41, 5.74) is 7.14. The minimum Gasteiger partial charge on any atom is -0.233 e. The molecule has 0 unspecified atom stereocenters. The van der Waals surface area contributed by atoms with Gasteiger partial charge in [-0.05, 0) is 39.3 Å². The molecule has 24 heavy (non-hydrogen) atoms. The lowest BCUT2D eigenvalue weighted by atomic mass is 10.1. The van der Waals surface area contributed by atoms with Crippen molar-refractivity contribution in [3.05, 3.63) is 65.2 Å². The molecule has 0 bridgehead atoms. The van der Waals surface area contributed by atoms with Crippen LogP contribution < -0.4 is 0 Å². The number of hydrogen-bond acceptors (Lipinski definition) is 3. The van der Waals surface area contributed by atoms with E-state index in [0.717, 1.165) is 45.2 Å². The Labute approximate surface area is 140 Å². The van der Waals surface area contributed by atoms with Gasteiger partial charge in [-0.15, -0.1) is 0 Å². The van der Waals surface area contributed by atoms with Gasteiger partial charge in [-0.2, -0.15) is 14.7 Å². The fourth-order valence-corrected chi connectivity index (χ4v) is 3.08. The van der Waals surface area contributed by atoms with Gasteiger partial charge < -0.3 is 0 Å². The van der Waals surface area contributed by atoms with E-state index < -0.39 is 0 Å². The maximum absolute atomic E-state index is 4.79. The van der Waals surface area contributed by atoms with Crippen LogP contribution in [-0.2, 0) is 0 Å². The molecule has 0 saturated carbocycles. The maximum atomic E-state index is 4.79. The van der Waals surface area contributed by atoms with Crippen LogP contribution in [0.5, 0.6) is 0 Å². The number of fused-ring (bicyclic) bond motifs is 1. The maximum Gasteiger partial charge on any atom is 0.165 e. The molecule has 3 heterocycles. The highest BCUT2D eigenvalue weighted by atomic mass is 15.4. The van der Waals surface area contributed by atoms with E-state index in [4.69, 9.17) is 4.98 Å². The second kappa shape index (κ2) is 5.30. The van der Waals surface area contributed by atoms with Crippen molar-refractivity contribution >= 4 is 5.65 Å². The quantitative estimate of drug-likeness (QED) is 0.565. The van der Waals surface area contributed by atoms with Crippen molar-refractivity contribution in [2.75, 3.05) is 0 Å². The summed E-state index contributed by atoms with van der Waals surface area (Å²) in [6.45, 7) is 8.16. The molecule has 0 fully saturated rings. The zero-order valence-corrected chi connectivity index (χ0v) is 14.3. The minimum atomic E-state index is 0.854. The molecule has 0 aliphatic rings. The molecule has 0 radical (unpaired) electrons. The van der Waals surface area contributed by atoms with Gasteiger partial charge in [-0.3, -0.25) is 0 Å². The summed E-state index contributed by atoms with van der Waals surface area (Å²) in [5.74, 6) is 0.949. The molecular weight excluding hydrogens is 298 g/mol. The van der Waals surface area contributed by atoms with E-state index in [0.29, 0.717) is 0 Å². The molecule has 4 rings (SSSR count). The van der Waals surface area contributed by atoms with Gasteiger partial charge >= 0.3 is 0 Å². The summed E-state index contributed by atoms with van der Waals surface area (Å²) in [6.07, 6.45) is 1.88. The highest BCUT2D eigenvalue weighted by molar-refractivity contribution is 5.78. The number of aromatic nitrogens is 5. The second-order valence-corrected chi connectivity index (χ2v) is 6.14. The van der Waals surface area contributed by atoms with E-state index in [1.54, 1.807) is 0 Å². The molecular formula is C19H19N5. The molecule has 0 amide bonds. The van der Waals surface area contributed by atoms with Crippen LogP contribution in [0.2, 0.25) is 0 Å². The SMILES string of the molecule is Cc1cc(C)n(-c2c(C)c(C)nc3c(-c4ccccc4)cnn23)n1. The summed E-state index contributed by atoms with van der Waals surface area (Å²) < 4.78 is 3.85. The Kier molecular flexibility index (Phi) is 3.23. The highest BCUT2D eigenvalue weighted by Crippen LogP contribution is 2.27. The van der Waals surface area contributed by atoms with Gasteiger partial charge in [0, 0.05) is 22.5 Å². The average molecular weight is 317 g/mol. The molecule has 0 atom stereocenters. The lowest BCUT2D eigenvalue weighted by Crippen LogP contribution is -2.11. The zero-order valence-electron chi connectivity index (χ0n) is 14.3. The van der Waals surface area contributed by atoms with Gasteiger partial charge in [0.05, 0.1) is 11.9 Å². The summed E-state index contributed by atoms with van der Waals surface area (Å²) in [7, 11) is 0. The smallest absolute Gasteiger partial charge is 0.165 e. The number of benzene rings is 1. The molecule has 3 aromatic heterocycles. The van der Waals surface area contributed by atoms with E-state index in [1.807, 2.05) is 47.4 Å². The van der Waals surface area contributed by atoms with E-state index in [-0.39, 0.29) is 0 Å². The fraction of sp³-hybridized carbons (Fsp3) is 0.211. The van der Waals surface area contributed by atoms with E-state index >= 15 is 0 Å². The number of rotatable bonds is 2. The zero-order chi connectivity index (χ0) is 16.8. The molecule has 0 saturated heterocycles. The molecule has 4 aromatic rings. The van der Waals surface area contributed by atoms with Crippen LogP contribution in [0.25, 0.3) is 22.6 Å². The molecule has 0 spiro atoms. The Morgan fingerprint density at radius 2 is 1.71 bits per heavy atom. The fourth-order valence-electron chi connectivity index (χ4n) is 3.08. The van der Waals surface area contributed by atoms with Crippen LogP contribution in [0, 0.1) is 27.7 Å². The number of aryl methyl sites for hydroxylation is 3. The third kappa shape index (κ3) is 2.12. The summed E-state index contributed by atoms with van der Waals surface area (Å²) >= 11 is 0. The molecule has 0 aliphatic carbocycles. The molecule has 0 N–H and O–H groups in total. The molecule has 5 heteroatoms. The summed E-state index contributed by atoms with van der Waals surface area (Å²) in [5, 5.41) is 9.26. The Morgan fingerprint density at radius 3 is 2.38 bits per heavy atom. The van der Waals surface area contributed by atoms with Crippen molar-refractivity contribution in [2.24, 2.45) is 0 Å². The lowest BCUT2D eigenvalue weighted by molar-refractivity contribution is 0.744. The van der Waals surface area contributed by atoms with Crippen molar-refractivity contribution < 1.29 is 0 Å². The largest absolute Gasteiger partial charge is 0.233 e. The highest BCUT2D eigenvalue weighted by Gasteiger charge is 2.18. The van der Waals surface area contributed by atoms with Crippen LogP contribution in [0.1, 0.15) is 22.6 Å². The summed E-state index contributed by atoms with van der Waals surface area (Å²) in [4.78, 5) is 4.79. The first kappa shape index (κ1) is 14.6. The van der Waals surface area contributed by atoms with Crippen molar-refractivity contribution in [3.8, 4) is 16.9 Å². The predicted molar refractivity (Wildman–Crippen MR) is 94.5 cm³/mol. The van der Waals surface area contributed by atoms with Gasteiger partial charge in [0.1, 0.15) is 0 Å². The Balaban J connectivity index is 2.06. The number of hydrogen-bond donors (Lipinski definition) is 0. The van der Waals surface area contributed by atoms with Gasteiger partial charge in [-0.25, -0.2) is 9.67 Å². The molecule has 0 aliphatic heterocycles. The van der Waals surface area contributed by atoms with Crippen molar-refractivity contribution in [2.45, 2.75) is 27.7 Å². The first-order chi connectivity index (χ1) is 11.6. The Hall–Kier alpha value is -2.95. The second-order valence-electron chi connectivity index (χ2n) is 6.14. The van der Waals surface area contributed by atoms with Crippen LogP contribution in [-0.4, -0.2) is 24.4 Å². The van der Waals surface area contributed by atoms with Crippen molar-refractivity contribution in [3.63, 3.8) is 0 Å². The van der Waals surface area contributed by atoms with Gasteiger partial charge in [-0.1, -0.05) is 30.3 Å². The van der Waals surface area contributed by atoms with Crippen LogP contribution in [0.4, 0.5) is 0 Å². The van der Waals surface area contributed by atoms with E-state index in [2.05, 4.69) is 42.2 Å². The molecule has 1 aromatic carbocycles. The van der Waals surface area contributed by atoms with Crippen LogP contribution >= 0.6 is 0 Å². The molecule has 5 nitrogen and oxygen atoms in total. The summed E-state index contributed by atoms with van der Waals surface area (Å²) in [6, 6.07) is 12.3. The molecule has 120 valence electrons. The van der Waals surface area contributed by atoms with Crippen molar-refractivity contribution in [1.29, 1.82) is 0 Å². The van der Waals surface area contributed by atoms with Crippen molar-refractivity contribution in [1.82, 2.24) is 24.4 Å². The normalized spacial score (nSPS) is 11.3. The van der Waals surface area contributed by atoms with E-state index in [1.165, 1.54) is 0 Å². The average Bonchev–Trinajstić information content (AvgIpc) is 3.12. The van der Waals surface area contributed by atoms with Gasteiger partial charge in [0.15, 0.2) is 11.5 Å². The lowest BCUT2D eigenvalue weighted by Gasteiger charge is -2.13. The van der Waals surface area contributed by atoms with Crippen LogP contribution in [0.15, 0.2) is 42.6 Å². The first-order valence-corrected chi connectivity index (χ1v) is 8.00. The van der Waals surface area contributed by atoms with Gasteiger partial charge in [0.25, 0.3) is 0 Å². The van der Waals surface area contributed by atoms with Gasteiger partial charge in [0.2, 0.25) is 0 Å². The van der Waals surface area contributed by atoms with Crippen LogP contribution in [0.3, 0.4) is 0 Å². The monoisotopic (exact) mass is 317 g/mol.